The molecule has 4 N–H and O–H groups in total. The van der Waals surface area contributed by atoms with Gasteiger partial charge in [-0.1, -0.05) is 73.4 Å². The molecule has 3 amide bonds. The fourth-order valence-corrected chi connectivity index (χ4v) is 8.03. The van der Waals surface area contributed by atoms with Gasteiger partial charge in [0.1, 0.15) is 22.5 Å². The number of nitrogens with one attached hydrogen (secondary N) is 2. The quantitative estimate of drug-likeness (QED) is 0.0832. The summed E-state index contributed by atoms with van der Waals surface area (Å²) in [6.45, 7) is 14.6. The number of carbonyl (C=O) groups is 6. The van der Waals surface area contributed by atoms with Gasteiger partial charge in [0.25, 0.3) is 5.91 Å². The lowest BCUT2D eigenvalue weighted by Gasteiger charge is -2.39. The number of piperidine rings is 1. The number of phenolic OH excluding ortho intramolecular Hbond substituents is 1. The number of thiazole rings is 1. The van der Waals surface area contributed by atoms with Gasteiger partial charge in [-0.3, -0.25) is 33.7 Å². The van der Waals surface area contributed by atoms with Crippen LogP contribution in [0.15, 0.2) is 29.6 Å². The fraction of sp³-hybridized carbons (Fsp3) is 0.651. The van der Waals surface area contributed by atoms with Crippen LogP contribution in [0.2, 0.25) is 0 Å². The Labute approximate surface area is 352 Å². The first-order valence-corrected chi connectivity index (χ1v) is 21.6. The fourth-order valence-electron chi connectivity index (χ4n) is 7.19. The number of aromatic hydroxyl groups is 1. The van der Waals surface area contributed by atoms with Crippen molar-refractivity contribution in [2.75, 3.05) is 20.3 Å². The van der Waals surface area contributed by atoms with Gasteiger partial charge in [-0.25, -0.2) is 4.98 Å². The van der Waals surface area contributed by atoms with Gasteiger partial charge < -0.3 is 35.2 Å². The Morgan fingerprint density at radius 2 is 1.68 bits per heavy atom. The van der Waals surface area contributed by atoms with E-state index in [1.54, 1.807) is 19.1 Å². The van der Waals surface area contributed by atoms with Crippen molar-refractivity contribution in [1.82, 2.24) is 25.4 Å². The number of benzene rings is 1. The number of aliphatic carboxylic acids is 1. The first-order chi connectivity index (χ1) is 27.8. The van der Waals surface area contributed by atoms with E-state index in [2.05, 4.69) is 15.6 Å². The summed E-state index contributed by atoms with van der Waals surface area (Å²) >= 11 is 1.10. The van der Waals surface area contributed by atoms with Crippen LogP contribution < -0.4 is 10.6 Å². The molecule has 1 saturated heterocycles. The smallest absolute Gasteiger partial charge is 0.307 e. The van der Waals surface area contributed by atoms with Crippen molar-refractivity contribution in [2.45, 2.75) is 137 Å². The van der Waals surface area contributed by atoms with Crippen molar-refractivity contribution in [3.8, 4) is 5.75 Å². The zero-order chi connectivity index (χ0) is 44.0. The Morgan fingerprint density at radius 3 is 2.25 bits per heavy atom. The SMILES string of the molecule is CC[C@H](C)[C@H](NC(=O)[C@H]1CCCCN1C)C(=O)N(COC(=O)CC(C)C)[C@H](C[C@@H](OC(C)=O)c1nc(C(=O)NC(Cc2ccc(O)cc2)C[C@H](C)C(=O)O)cs1)C(C)C. The number of carbonyl (C=O) groups excluding carboxylic acids is 5. The summed E-state index contributed by atoms with van der Waals surface area (Å²) in [5.41, 5.74) is 0.814. The van der Waals surface area contributed by atoms with Crippen LogP contribution in [0.3, 0.4) is 0 Å². The summed E-state index contributed by atoms with van der Waals surface area (Å²) in [5.74, 6) is -4.54. The third kappa shape index (κ3) is 15.2. The van der Waals surface area contributed by atoms with E-state index in [1.807, 2.05) is 53.5 Å². The lowest BCUT2D eigenvalue weighted by Crippen LogP contribution is -2.59. The number of esters is 2. The maximum absolute atomic E-state index is 14.8. The number of hydrogen-bond donors (Lipinski definition) is 4. The number of amides is 3. The molecule has 0 saturated carbocycles. The van der Waals surface area contributed by atoms with Crippen LogP contribution in [0.1, 0.15) is 127 Å². The second-order valence-electron chi connectivity index (χ2n) is 16.6. The molecule has 0 spiro atoms. The van der Waals surface area contributed by atoms with E-state index in [9.17, 15) is 39.0 Å². The predicted octanol–water partition coefficient (Wildman–Crippen LogP) is 5.71. The van der Waals surface area contributed by atoms with Crippen LogP contribution in [0.4, 0.5) is 0 Å². The largest absolute Gasteiger partial charge is 0.508 e. The maximum atomic E-state index is 14.8. The van der Waals surface area contributed by atoms with Crippen LogP contribution >= 0.6 is 11.3 Å². The van der Waals surface area contributed by atoms with E-state index in [1.165, 1.54) is 29.3 Å². The summed E-state index contributed by atoms with van der Waals surface area (Å²) in [4.78, 5) is 87.4. The van der Waals surface area contributed by atoms with Crippen molar-refractivity contribution >= 4 is 47.0 Å². The Morgan fingerprint density at radius 1 is 1.00 bits per heavy atom. The topological polar surface area (TPSA) is 205 Å². The number of rotatable bonds is 22. The van der Waals surface area contributed by atoms with E-state index in [0.29, 0.717) is 24.3 Å². The summed E-state index contributed by atoms with van der Waals surface area (Å²) in [7, 11) is 1.90. The van der Waals surface area contributed by atoms with Crippen molar-refractivity contribution < 1.29 is 48.5 Å². The third-order valence-electron chi connectivity index (χ3n) is 10.8. The van der Waals surface area contributed by atoms with Gasteiger partial charge in [0, 0.05) is 37.2 Å². The lowest BCUT2D eigenvalue weighted by molar-refractivity contribution is -0.161. The Bertz CT molecular complexity index is 1720. The van der Waals surface area contributed by atoms with Crippen LogP contribution in [0, 0.1) is 23.7 Å². The second-order valence-corrected chi connectivity index (χ2v) is 17.5. The minimum Gasteiger partial charge on any atom is -0.508 e. The molecule has 59 heavy (non-hydrogen) atoms. The zero-order valence-corrected chi connectivity index (χ0v) is 36.9. The molecule has 1 aliphatic heterocycles. The van der Waals surface area contributed by atoms with Crippen molar-refractivity contribution in [3.63, 3.8) is 0 Å². The lowest BCUT2D eigenvalue weighted by atomic mass is 9.92. The predicted molar refractivity (Wildman–Crippen MR) is 223 cm³/mol. The third-order valence-corrected chi connectivity index (χ3v) is 11.8. The van der Waals surface area contributed by atoms with Crippen molar-refractivity contribution in [3.05, 3.63) is 45.9 Å². The molecule has 2 heterocycles. The summed E-state index contributed by atoms with van der Waals surface area (Å²) in [6, 6.07) is 3.83. The Hall–Kier alpha value is -4.57. The molecule has 1 fully saturated rings. The molecule has 1 aromatic carbocycles. The number of phenols is 1. The number of hydrogen-bond acceptors (Lipinski definition) is 12. The highest BCUT2D eigenvalue weighted by Crippen LogP contribution is 2.32. The summed E-state index contributed by atoms with van der Waals surface area (Å²) in [5, 5.41) is 27.1. The molecule has 1 unspecified atom stereocenters. The maximum Gasteiger partial charge on any atom is 0.307 e. The molecule has 0 aliphatic carbocycles. The van der Waals surface area contributed by atoms with Gasteiger partial charge in [0.05, 0.1) is 12.0 Å². The molecule has 3 rings (SSSR count). The highest BCUT2D eigenvalue weighted by Gasteiger charge is 2.39. The van der Waals surface area contributed by atoms with Crippen LogP contribution in [-0.4, -0.2) is 105 Å². The minimum atomic E-state index is -1.01. The number of likely N-dealkylation sites (N-methyl/N-ethyl adjacent to an activating group) is 1. The van der Waals surface area contributed by atoms with E-state index in [4.69, 9.17) is 9.47 Å². The van der Waals surface area contributed by atoms with Crippen LogP contribution in [0.25, 0.3) is 0 Å². The monoisotopic (exact) mass is 843 g/mol. The van der Waals surface area contributed by atoms with Gasteiger partial charge in [-0.15, -0.1) is 11.3 Å². The van der Waals surface area contributed by atoms with Gasteiger partial charge in [-0.2, -0.15) is 0 Å². The summed E-state index contributed by atoms with van der Waals surface area (Å²) < 4.78 is 11.5. The molecule has 1 aliphatic rings. The average Bonchev–Trinajstić information content (AvgIpc) is 3.67. The van der Waals surface area contributed by atoms with Crippen molar-refractivity contribution in [2.24, 2.45) is 23.7 Å². The Balaban J connectivity index is 1.96. The summed E-state index contributed by atoms with van der Waals surface area (Å²) in [6.07, 6.45) is 2.73. The number of aromatic nitrogens is 1. The number of carboxylic acid groups (broad SMARTS) is 1. The Kier molecular flexibility index (Phi) is 19.3. The van der Waals surface area contributed by atoms with Gasteiger partial charge in [-0.05, 0) is 74.7 Å². The highest BCUT2D eigenvalue weighted by atomic mass is 32.1. The first kappa shape index (κ1) is 48.8. The van der Waals surface area contributed by atoms with Crippen LogP contribution in [-0.2, 0) is 39.9 Å². The van der Waals surface area contributed by atoms with Crippen molar-refractivity contribution in [1.29, 1.82) is 0 Å². The molecular weight excluding hydrogens is 779 g/mol. The van der Waals surface area contributed by atoms with Gasteiger partial charge in [0.15, 0.2) is 12.8 Å². The number of carboxylic acids is 1. The molecular formula is C43H65N5O10S. The van der Waals surface area contributed by atoms with E-state index < -0.39 is 66.6 Å². The number of nitrogens with zero attached hydrogens (tertiary/aromatic N) is 3. The van der Waals surface area contributed by atoms with E-state index in [0.717, 1.165) is 36.3 Å². The average molecular weight is 844 g/mol. The van der Waals surface area contributed by atoms with E-state index >= 15 is 0 Å². The van der Waals surface area contributed by atoms with E-state index in [-0.39, 0.29) is 60.4 Å². The minimum absolute atomic E-state index is 0.0143. The molecule has 16 heteroatoms. The number of ether oxygens (including phenoxy) is 2. The standard InChI is InChI=1S/C43H65N5O10S/c1-10-27(6)38(46-40(53)34-13-11-12-18-47(34)9)42(54)48(24-57-37(51)19-25(2)3)35(26(4)5)22-36(58-29(8)49)41-45-33(23-59-41)39(52)44-31(20-28(7)43(55)56)21-30-14-16-32(50)17-15-30/h14-17,23,25-28,31,34-36,38,50H,10-13,18-22,24H2,1-9H3,(H,44,52)(H,46,53)(H,55,56)/t27-,28-,31?,34+,35+,36+,38-/m0/s1. The molecule has 1 aromatic heterocycles. The van der Waals surface area contributed by atoms with Gasteiger partial charge >= 0.3 is 17.9 Å². The molecule has 15 nitrogen and oxygen atoms in total. The molecule has 328 valence electrons. The zero-order valence-electron chi connectivity index (χ0n) is 36.1. The molecule has 0 bridgehead atoms. The van der Waals surface area contributed by atoms with Gasteiger partial charge in [0.2, 0.25) is 11.8 Å². The number of likely N-dealkylation sites (tertiary alicyclic amines) is 1. The highest BCUT2D eigenvalue weighted by molar-refractivity contribution is 7.09. The first-order valence-electron chi connectivity index (χ1n) is 20.7. The molecule has 7 atom stereocenters. The second kappa shape index (κ2) is 23.3. The molecule has 2 aromatic rings. The molecule has 0 radical (unpaired) electrons. The van der Waals surface area contributed by atoms with Crippen LogP contribution in [0.5, 0.6) is 5.75 Å². The normalized spacial score (nSPS) is 17.6.